The first-order valence-electron chi connectivity index (χ1n) is 9.17. The van der Waals surface area contributed by atoms with Crippen LogP contribution in [0, 0.1) is 0 Å². The Bertz CT molecular complexity index is 1050. The number of unbranched alkanes of at least 4 members (excludes halogenated alkanes) is 1. The summed E-state index contributed by atoms with van der Waals surface area (Å²) >= 11 is 0. The number of imidazole rings is 1. The van der Waals surface area contributed by atoms with Crippen LogP contribution in [0.25, 0.3) is 17.1 Å². The molecule has 0 spiro atoms. The van der Waals surface area contributed by atoms with Gasteiger partial charge in [0.15, 0.2) is 5.76 Å². The first kappa shape index (κ1) is 17.1. The van der Waals surface area contributed by atoms with Crippen molar-refractivity contribution in [1.82, 2.24) is 9.38 Å². The number of fused-ring (bicyclic) bond motifs is 1. The summed E-state index contributed by atoms with van der Waals surface area (Å²) in [5, 5.41) is 3.00. The highest BCUT2D eigenvalue weighted by Crippen LogP contribution is 2.29. The van der Waals surface area contributed by atoms with Crippen LogP contribution in [0.2, 0.25) is 0 Å². The summed E-state index contributed by atoms with van der Waals surface area (Å²) in [4.78, 5) is 17.4. The Balaban J connectivity index is 1.64. The molecule has 0 saturated carbocycles. The fourth-order valence-corrected chi connectivity index (χ4v) is 3.08. The summed E-state index contributed by atoms with van der Waals surface area (Å²) < 4.78 is 7.36. The fraction of sp³-hybridized carbons (Fsp3) is 0.182. The monoisotopic (exact) mass is 359 g/mol. The molecular weight excluding hydrogens is 338 g/mol. The van der Waals surface area contributed by atoms with E-state index in [4.69, 9.17) is 4.42 Å². The predicted molar refractivity (Wildman–Crippen MR) is 106 cm³/mol. The average Bonchev–Trinajstić information content (AvgIpc) is 3.35. The molecular formula is C22H21N3O2. The van der Waals surface area contributed by atoms with Gasteiger partial charge in [-0.25, -0.2) is 4.98 Å². The number of amides is 1. The Hall–Kier alpha value is -3.34. The molecule has 0 bridgehead atoms. The molecule has 3 heterocycles. The number of carbonyl (C=O) groups excluding carboxylic acids is 1. The fourth-order valence-electron chi connectivity index (χ4n) is 3.08. The second-order valence-corrected chi connectivity index (χ2v) is 6.47. The molecule has 27 heavy (non-hydrogen) atoms. The quantitative estimate of drug-likeness (QED) is 0.515. The van der Waals surface area contributed by atoms with Crippen molar-refractivity contribution >= 4 is 17.4 Å². The van der Waals surface area contributed by atoms with Crippen molar-refractivity contribution in [2.24, 2.45) is 0 Å². The van der Waals surface area contributed by atoms with E-state index >= 15 is 0 Å². The molecule has 0 aliphatic carbocycles. The van der Waals surface area contributed by atoms with Gasteiger partial charge in [-0.1, -0.05) is 31.5 Å². The minimum atomic E-state index is -0.171. The lowest BCUT2D eigenvalue weighted by molar-refractivity contribution is 0.102. The van der Waals surface area contributed by atoms with E-state index in [1.54, 1.807) is 12.3 Å². The van der Waals surface area contributed by atoms with Gasteiger partial charge in [-0.15, -0.1) is 0 Å². The van der Waals surface area contributed by atoms with E-state index in [-0.39, 0.29) is 5.91 Å². The van der Waals surface area contributed by atoms with Crippen LogP contribution in [0.15, 0.2) is 71.5 Å². The standard InChI is InChI=1S/C22H21N3O2/c1-2-3-7-16-10-12-17(13-11-16)22(26)24-21-20(18-8-6-15-27-18)23-19-9-4-5-14-25(19)21/h4-6,8-15H,2-3,7H2,1H3,(H,24,26). The lowest BCUT2D eigenvalue weighted by Gasteiger charge is -2.08. The van der Waals surface area contributed by atoms with Crippen molar-refractivity contribution in [1.29, 1.82) is 0 Å². The summed E-state index contributed by atoms with van der Waals surface area (Å²) in [6.07, 6.45) is 6.82. The summed E-state index contributed by atoms with van der Waals surface area (Å²) in [6.45, 7) is 2.17. The highest BCUT2D eigenvalue weighted by molar-refractivity contribution is 6.05. The number of carbonyl (C=O) groups is 1. The number of rotatable bonds is 6. The zero-order valence-corrected chi connectivity index (χ0v) is 15.2. The number of pyridine rings is 1. The maximum Gasteiger partial charge on any atom is 0.256 e. The van der Waals surface area contributed by atoms with Crippen LogP contribution >= 0.6 is 0 Å². The molecule has 0 atom stereocenters. The summed E-state index contributed by atoms with van der Waals surface area (Å²) in [5.41, 5.74) is 3.22. The Labute approximate surface area is 157 Å². The Morgan fingerprint density at radius 3 is 2.70 bits per heavy atom. The van der Waals surface area contributed by atoms with E-state index < -0.39 is 0 Å². The van der Waals surface area contributed by atoms with Gasteiger partial charge < -0.3 is 9.73 Å². The van der Waals surface area contributed by atoms with E-state index in [1.807, 2.05) is 59.1 Å². The van der Waals surface area contributed by atoms with Crippen LogP contribution < -0.4 is 5.32 Å². The van der Waals surface area contributed by atoms with Gasteiger partial charge in [0.25, 0.3) is 5.91 Å². The lowest BCUT2D eigenvalue weighted by Crippen LogP contribution is -2.14. The van der Waals surface area contributed by atoms with Crippen LogP contribution in [0.4, 0.5) is 5.82 Å². The topological polar surface area (TPSA) is 59.5 Å². The maximum atomic E-state index is 12.8. The van der Waals surface area contributed by atoms with E-state index in [1.165, 1.54) is 5.56 Å². The van der Waals surface area contributed by atoms with Gasteiger partial charge >= 0.3 is 0 Å². The second kappa shape index (κ2) is 7.50. The third-order valence-electron chi connectivity index (χ3n) is 4.55. The molecule has 3 aromatic heterocycles. The highest BCUT2D eigenvalue weighted by Gasteiger charge is 2.18. The molecule has 0 radical (unpaired) electrons. The molecule has 0 fully saturated rings. The Kier molecular flexibility index (Phi) is 4.75. The molecule has 5 heteroatoms. The summed E-state index contributed by atoms with van der Waals surface area (Å²) in [7, 11) is 0. The number of anilines is 1. The van der Waals surface area contributed by atoms with Crippen LogP contribution in [0.5, 0.6) is 0 Å². The van der Waals surface area contributed by atoms with Crippen molar-refractivity contribution in [3.8, 4) is 11.5 Å². The van der Waals surface area contributed by atoms with E-state index in [0.717, 1.165) is 24.9 Å². The Morgan fingerprint density at radius 1 is 1.11 bits per heavy atom. The number of aryl methyl sites for hydroxylation is 1. The van der Waals surface area contributed by atoms with Crippen molar-refractivity contribution in [3.05, 3.63) is 78.2 Å². The number of hydrogen-bond acceptors (Lipinski definition) is 3. The molecule has 1 N–H and O–H groups in total. The largest absolute Gasteiger partial charge is 0.463 e. The van der Waals surface area contributed by atoms with Crippen molar-refractivity contribution in [3.63, 3.8) is 0 Å². The highest BCUT2D eigenvalue weighted by atomic mass is 16.3. The van der Waals surface area contributed by atoms with Crippen LogP contribution in [-0.4, -0.2) is 15.3 Å². The number of furan rings is 1. The van der Waals surface area contributed by atoms with Gasteiger partial charge in [-0.2, -0.15) is 0 Å². The molecule has 1 amide bonds. The van der Waals surface area contributed by atoms with Crippen LogP contribution in [-0.2, 0) is 6.42 Å². The van der Waals surface area contributed by atoms with Gasteiger partial charge in [0.2, 0.25) is 0 Å². The number of hydrogen-bond donors (Lipinski definition) is 1. The second-order valence-electron chi connectivity index (χ2n) is 6.47. The van der Waals surface area contributed by atoms with Crippen molar-refractivity contribution in [2.75, 3.05) is 5.32 Å². The predicted octanol–water partition coefficient (Wildman–Crippen LogP) is 5.19. The molecule has 0 saturated heterocycles. The first-order chi connectivity index (χ1) is 13.3. The molecule has 4 aromatic rings. The average molecular weight is 359 g/mol. The lowest BCUT2D eigenvalue weighted by atomic mass is 10.1. The molecule has 0 aliphatic heterocycles. The minimum absolute atomic E-state index is 0.171. The third kappa shape index (κ3) is 3.49. The molecule has 5 nitrogen and oxygen atoms in total. The number of benzene rings is 1. The van der Waals surface area contributed by atoms with Gasteiger partial charge in [-0.3, -0.25) is 9.20 Å². The van der Waals surface area contributed by atoms with Crippen LogP contribution in [0.1, 0.15) is 35.7 Å². The number of nitrogens with one attached hydrogen (secondary N) is 1. The van der Waals surface area contributed by atoms with Crippen LogP contribution in [0.3, 0.4) is 0 Å². The maximum absolute atomic E-state index is 12.8. The van der Waals surface area contributed by atoms with Gasteiger partial charge in [0, 0.05) is 11.8 Å². The zero-order chi connectivity index (χ0) is 18.6. The van der Waals surface area contributed by atoms with Gasteiger partial charge in [0.1, 0.15) is 17.2 Å². The molecule has 4 rings (SSSR count). The summed E-state index contributed by atoms with van der Waals surface area (Å²) in [6, 6.07) is 17.1. The smallest absolute Gasteiger partial charge is 0.256 e. The number of aromatic nitrogens is 2. The molecule has 1 aromatic carbocycles. The van der Waals surface area contributed by atoms with E-state index in [2.05, 4.69) is 17.2 Å². The van der Waals surface area contributed by atoms with E-state index in [9.17, 15) is 4.79 Å². The normalized spacial score (nSPS) is 11.0. The molecule has 0 aliphatic rings. The Morgan fingerprint density at radius 2 is 1.96 bits per heavy atom. The van der Waals surface area contributed by atoms with Crippen molar-refractivity contribution in [2.45, 2.75) is 26.2 Å². The minimum Gasteiger partial charge on any atom is -0.463 e. The number of nitrogens with zero attached hydrogens (tertiary/aromatic N) is 2. The SMILES string of the molecule is CCCCc1ccc(C(=O)Nc2c(-c3ccco3)nc3ccccn23)cc1. The molecule has 0 unspecified atom stereocenters. The summed E-state index contributed by atoms with van der Waals surface area (Å²) in [5.74, 6) is 1.04. The van der Waals surface area contributed by atoms with Gasteiger partial charge in [-0.05, 0) is 54.8 Å². The third-order valence-corrected chi connectivity index (χ3v) is 4.55. The van der Waals surface area contributed by atoms with Gasteiger partial charge in [0.05, 0.1) is 6.26 Å². The van der Waals surface area contributed by atoms with E-state index in [0.29, 0.717) is 22.8 Å². The first-order valence-corrected chi connectivity index (χ1v) is 9.17. The zero-order valence-electron chi connectivity index (χ0n) is 15.2. The molecule has 136 valence electrons. The van der Waals surface area contributed by atoms with Crippen molar-refractivity contribution < 1.29 is 9.21 Å².